The van der Waals surface area contributed by atoms with Crippen molar-refractivity contribution in [1.82, 2.24) is 20.5 Å². The SMILES string of the molecule is CCC(=O)N1CCC(NC(=NC)NCC(c2cccnc2)C(C)C)C1. The molecule has 2 N–H and O–H groups in total. The highest BCUT2D eigenvalue weighted by Crippen LogP contribution is 2.22. The highest BCUT2D eigenvalue weighted by atomic mass is 16.2. The Morgan fingerprint density at radius 3 is 2.88 bits per heavy atom. The van der Waals surface area contributed by atoms with E-state index in [1.807, 2.05) is 24.1 Å². The molecular weight excluding hydrogens is 314 g/mol. The Morgan fingerprint density at radius 2 is 2.28 bits per heavy atom. The van der Waals surface area contributed by atoms with Gasteiger partial charge in [0.1, 0.15) is 0 Å². The number of nitrogens with one attached hydrogen (secondary N) is 2. The van der Waals surface area contributed by atoms with Crippen LogP contribution in [0.3, 0.4) is 0 Å². The summed E-state index contributed by atoms with van der Waals surface area (Å²) >= 11 is 0. The molecule has 1 saturated heterocycles. The van der Waals surface area contributed by atoms with Gasteiger partial charge in [-0.05, 0) is 24.0 Å². The third-order valence-corrected chi connectivity index (χ3v) is 4.81. The van der Waals surface area contributed by atoms with Crippen molar-refractivity contribution < 1.29 is 4.79 Å². The summed E-state index contributed by atoms with van der Waals surface area (Å²) in [5, 5.41) is 6.89. The van der Waals surface area contributed by atoms with Gasteiger partial charge in [-0.15, -0.1) is 0 Å². The number of hydrogen-bond donors (Lipinski definition) is 2. The molecule has 6 nitrogen and oxygen atoms in total. The zero-order valence-electron chi connectivity index (χ0n) is 15.8. The molecule has 0 saturated carbocycles. The van der Waals surface area contributed by atoms with Crippen LogP contribution in [0.25, 0.3) is 0 Å². The fourth-order valence-corrected chi connectivity index (χ4v) is 3.26. The zero-order valence-corrected chi connectivity index (χ0v) is 15.8. The Bertz CT molecular complexity index is 572. The predicted molar refractivity (Wildman–Crippen MR) is 102 cm³/mol. The van der Waals surface area contributed by atoms with Gasteiger partial charge in [-0.2, -0.15) is 0 Å². The number of aliphatic imine (C=N–C) groups is 1. The second-order valence-electron chi connectivity index (χ2n) is 6.91. The van der Waals surface area contributed by atoms with Crippen LogP contribution in [0.15, 0.2) is 29.5 Å². The standard InChI is InChI=1S/C19H31N5O/c1-5-18(25)24-10-8-16(13-24)23-19(20-4)22-12-17(14(2)3)15-7-6-9-21-11-15/h6-7,9,11,14,16-17H,5,8,10,12-13H2,1-4H3,(H2,20,22,23). The lowest BCUT2D eigenvalue weighted by Gasteiger charge is -2.24. The van der Waals surface area contributed by atoms with E-state index in [2.05, 4.69) is 40.5 Å². The van der Waals surface area contributed by atoms with Crippen molar-refractivity contribution >= 4 is 11.9 Å². The molecule has 0 aliphatic carbocycles. The van der Waals surface area contributed by atoms with Gasteiger partial charge < -0.3 is 15.5 Å². The molecule has 0 bridgehead atoms. The maximum absolute atomic E-state index is 11.8. The summed E-state index contributed by atoms with van der Waals surface area (Å²) in [5.41, 5.74) is 1.24. The number of hydrogen-bond acceptors (Lipinski definition) is 3. The zero-order chi connectivity index (χ0) is 18.2. The molecule has 1 aromatic heterocycles. The molecule has 0 aromatic carbocycles. The number of likely N-dealkylation sites (tertiary alicyclic amines) is 1. The van der Waals surface area contributed by atoms with Crippen molar-refractivity contribution in [1.29, 1.82) is 0 Å². The van der Waals surface area contributed by atoms with Crippen molar-refractivity contribution in [2.24, 2.45) is 10.9 Å². The average Bonchev–Trinajstić information content (AvgIpc) is 3.09. The summed E-state index contributed by atoms with van der Waals surface area (Å²) in [6, 6.07) is 4.37. The Balaban J connectivity index is 1.88. The van der Waals surface area contributed by atoms with Crippen LogP contribution in [0.4, 0.5) is 0 Å². The lowest BCUT2D eigenvalue weighted by atomic mass is 9.89. The van der Waals surface area contributed by atoms with Gasteiger partial charge in [-0.3, -0.25) is 14.8 Å². The van der Waals surface area contributed by atoms with Crippen LogP contribution in [0.2, 0.25) is 0 Å². The van der Waals surface area contributed by atoms with E-state index < -0.39 is 0 Å². The van der Waals surface area contributed by atoms with Gasteiger partial charge >= 0.3 is 0 Å². The van der Waals surface area contributed by atoms with Crippen molar-refractivity contribution in [2.45, 2.75) is 45.6 Å². The third kappa shape index (κ3) is 5.44. The van der Waals surface area contributed by atoms with Crippen LogP contribution in [0.5, 0.6) is 0 Å². The van der Waals surface area contributed by atoms with E-state index in [-0.39, 0.29) is 11.9 Å². The summed E-state index contributed by atoms with van der Waals surface area (Å²) in [7, 11) is 1.79. The van der Waals surface area contributed by atoms with Crippen LogP contribution < -0.4 is 10.6 Å². The van der Waals surface area contributed by atoms with E-state index in [0.29, 0.717) is 18.3 Å². The van der Waals surface area contributed by atoms with Gasteiger partial charge in [0.2, 0.25) is 5.91 Å². The van der Waals surface area contributed by atoms with Gasteiger partial charge in [-0.25, -0.2) is 0 Å². The van der Waals surface area contributed by atoms with Gasteiger partial charge in [0, 0.05) is 57.5 Å². The van der Waals surface area contributed by atoms with Crippen molar-refractivity contribution in [2.75, 3.05) is 26.7 Å². The molecule has 1 aromatic rings. The number of nitrogens with zero attached hydrogens (tertiary/aromatic N) is 3. The first kappa shape index (κ1) is 19.2. The molecule has 6 heteroatoms. The summed E-state index contributed by atoms with van der Waals surface area (Å²) in [4.78, 5) is 22.3. The number of rotatable bonds is 6. The Hall–Kier alpha value is -2.11. The molecule has 1 aliphatic heterocycles. The quantitative estimate of drug-likeness (QED) is 0.611. The first-order valence-electron chi connectivity index (χ1n) is 9.20. The predicted octanol–water partition coefficient (Wildman–Crippen LogP) is 2.00. The second-order valence-corrected chi connectivity index (χ2v) is 6.91. The second kappa shape index (κ2) is 9.39. The molecule has 1 aliphatic rings. The minimum absolute atomic E-state index is 0.226. The van der Waals surface area contributed by atoms with E-state index >= 15 is 0 Å². The molecule has 2 rings (SSSR count). The Morgan fingerprint density at radius 1 is 1.48 bits per heavy atom. The molecule has 2 atom stereocenters. The van der Waals surface area contributed by atoms with Crippen molar-refractivity contribution in [3.8, 4) is 0 Å². The minimum atomic E-state index is 0.226. The fourth-order valence-electron chi connectivity index (χ4n) is 3.26. The highest BCUT2D eigenvalue weighted by molar-refractivity contribution is 5.80. The largest absolute Gasteiger partial charge is 0.356 e. The smallest absolute Gasteiger partial charge is 0.222 e. The Labute approximate surface area is 151 Å². The summed E-state index contributed by atoms with van der Waals surface area (Å²) in [6.45, 7) is 8.73. The number of carbonyl (C=O) groups is 1. The number of pyridine rings is 1. The van der Waals surface area contributed by atoms with Crippen LogP contribution in [-0.4, -0.2) is 54.5 Å². The van der Waals surface area contributed by atoms with Gasteiger partial charge in [0.15, 0.2) is 5.96 Å². The third-order valence-electron chi connectivity index (χ3n) is 4.81. The van der Waals surface area contributed by atoms with E-state index in [1.54, 1.807) is 13.2 Å². The first-order valence-corrected chi connectivity index (χ1v) is 9.20. The van der Waals surface area contributed by atoms with Gasteiger partial charge in [0.05, 0.1) is 0 Å². The maximum Gasteiger partial charge on any atom is 0.222 e. The van der Waals surface area contributed by atoms with Gasteiger partial charge in [-0.1, -0.05) is 26.8 Å². The normalized spacial score (nSPS) is 19.2. The van der Waals surface area contributed by atoms with E-state index in [4.69, 9.17) is 0 Å². The minimum Gasteiger partial charge on any atom is -0.356 e. The van der Waals surface area contributed by atoms with Crippen molar-refractivity contribution in [3.63, 3.8) is 0 Å². The molecule has 2 heterocycles. The highest BCUT2D eigenvalue weighted by Gasteiger charge is 2.26. The lowest BCUT2D eigenvalue weighted by Crippen LogP contribution is -2.46. The average molecular weight is 345 g/mol. The molecule has 0 spiro atoms. The van der Waals surface area contributed by atoms with Crippen LogP contribution in [-0.2, 0) is 4.79 Å². The molecule has 2 unspecified atom stereocenters. The van der Waals surface area contributed by atoms with Crippen LogP contribution in [0.1, 0.15) is 45.1 Å². The molecule has 25 heavy (non-hydrogen) atoms. The monoisotopic (exact) mass is 345 g/mol. The molecule has 0 radical (unpaired) electrons. The number of guanidine groups is 1. The topological polar surface area (TPSA) is 69.6 Å². The first-order chi connectivity index (χ1) is 12.0. The van der Waals surface area contributed by atoms with Crippen LogP contribution >= 0.6 is 0 Å². The molecule has 1 fully saturated rings. The maximum atomic E-state index is 11.8. The summed E-state index contributed by atoms with van der Waals surface area (Å²) in [5.74, 6) is 1.89. The van der Waals surface area contributed by atoms with Crippen molar-refractivity contribution in [3.05, 3.63) is 30.1 Å². The summed E-state index contributed by atoms with van der Waals surface area (Å²) < 4.78 is 0. The van der Waals surface area contributed by atoms with E-state index in [1.165, 1.54) is 5.56 Å². The number of carbonyl (C=O) groups excluding carboxylic acids is 1. The van der Waals surface area contributed by atoms with Gasteiger partial charge in [0.25, 0.3) is 0 Å². The number of aromatic nitrogens is 1. The van der Waals surface area contributed by atoms with E-state index in [9.17, 15) is 4.79 Å². The lowest BCUT2D eigenvalue weighted by molar-refractivity contribution is -0.129. The number of amides is 1. The molecule has 1 amide bonds. The molecule has 138 valence electrons. The van der Waals surface area contributed by atoms with E-state index in [0.717, 1.165) is 32.0 Å². The Kier molecular flexibility index (Phi) is 7.22. The molecular formula is C19H31N5O. The summed E-state index contributed by atoms with van der Waals surface area (Å²) in [6.07, 6.45) is 5.27. The van der Waals surface area contributed by atoms with Crippen LogP contribution in [0, 0.1) is 5.92 Å². The fraction of sp³-hybridized carbons (Fsp3) is 0.632.